The van der Waals surface area contributed by atoms with Gasteiger partial charge in [-0.2, -0.15) is 0 Å². The Morgan fingerprint density at radius 3 is 2.90 bits per heavy atom. The molecule has 0 spiro atoms. The van der Waals surface area contributed by atoms with Gasteiger partial charge in [0.15, 0.2) is 0 Å². The second kappa shape index (κ2) is 5.46. The van der Waals surface area contributed by atoms with E-state index in [2.05, 4.69) is 30.8 Å². The molecule has 0 bridgehead atoms. The summed E-state index contributed by atoms with van der Waals surface area (Å²) in [5.41, 5.74) is 2.09. The molecule has 0 amide bonds. The van der Waals surface area contributed by atoms with Crippen LogP contribution < -0.4 is 14.8 Å². The maximum atomic E-state index is 5.55. The number of hydrogen-bond donors (Lipinski definition) is 1. The van der Waals surface area contributed by atoms with E-state index >= 15 is 0 Å². The van der Waals surface area contributed by atoms with Crippen LogP contribution in [0.1, 0.15) is 5.82 Å². The van der Waals surface area contributed by atoms with Crippen molar-refractivity contribution in [1.29, 1.82) is 0 Å². The number of imidazole rings is 1. The van der Waals surface area contributed by atoms with E-state index < -0.39 is 0 Å². The summed E-state index contributed by atoms with van der Waals surface area (Å²) in [4.78, 5) is 4.48. The lowest BCUT2D eigenvalue weighted by Crippen LogP contribution is -2.28. The molecule has 3 rings (SSSR count). The Balaban J connectivity index is 2.15. The Labute approximate surface area is 126 Å². The average molecular weight is 338 g/mol. The van der Waals surface area contributed by atoms with Crippen LogP contribution in [0.2, 0.25) is 0 Å². The molecular weight excluding hydrogens is 322 g/mol. The smallest absolute Gasteiger partial charge is 0.146 e. The maximum absolute atomic E-state index is 5.55. The normalized spacial score (nSPS) is 13.9. The van der Waals surface area contributed by atoms with E-state index in [0.29, 0.717) is 0 Å². The van der Waals surface area contributed by atoms with Crippen LogP contribution in [0.5, 0.6) is 11.5 Å². The standard InChI is InChI=1S/C14H16BrN3O2/c1-19-11-4-3-9(14(20-2)13(11)15)10-7-17-12-8-16-5-6-18(10)12/h3-4,7,16H,5-6,8H2,1-2H3. The molecule has 1 N–H and O–H groups in total. The summed E-state index contributed by atoms with van der Waals surface area (Å²) < 4.78 is 13.9. The van der Waals surface area contributed by atoms with Gasteiger partial charge in [-0.3, -0.25) is 0 Å². The Morgan fingerprint density at radius 2 is 2.15 bits per heavy atom. The molecule has 0 aliphatic carbocycles. The predicted octanol–water partition coefficient (Wildman–Crippen LogP) is 2.43. The molecule has 1 aromatic carbocycles. The van der Waals surface area contributed by atoms with Gasteiger partial charge in [-0.05, 0) is 28.1 Å². The topological polar surface area (TPSA) is 48.3 Å². The zero-order valence-electron chi connectivity index (χ0n) is 11.4. The van der Waals surface area contributed by atoms with Crippen LogP contribution in [0.3, 0.4) is 0 Å². The zero-order chi connectivity index (χ0) is 14.1. The first kappa shape index (κ1) is 13.5. The quantitative estimate of drug-likeness (QED) is 0.934. The summed E-state index contributed by atoms with van der Waals surface area (Å²) in [6.07, 6.45) is 1.90. The Bertz CT molecular complexity index is 640. The van der Waals surface area contributed by atoms with E-state index in [1.807, 2.05) is 18.3 Å². The molecule has 5 nitrogen and oxygen atoms in total. The van der Waals surface area contributed by atoms with Gasteiger partial charge in [0.2, 0.25) is 0 Å². The number of nitrogens with one attached hydrogen (secondary N) is 1. The van der Waals surface area contributed by atoms with E-state index in [1.165, 1.54) is 0 Å². The van der Waals surface area contributed by atoms with Gasteiger partial charge in [0.05, 0.1) is 32.7 Å². The maximum Gasteiger partial charge on any atom is 0.146 e. The summed E-state index contributed by atoms with van der Waals surface area (Å²) in [5.74, 6) is 2.58. The minimum absolute atomic E-state index is 0.755. The van der Waals surface area contributed by atoms with Crippen LogP contribution in [0.4, 0.5) is 0 Å². The van der Waals surface area contributed by atoms with Crippen LogP contribution in [0.25, 0.3) is 11.3 Å². The van der Waals surface area contributed by atoms with E-state index in [4.69, 9.17) is 9.47 Å². The van der Waals surface area contributed by atoms with E-state index in [9.17, 15) is 0 Å². The van der Waals surface area contributed by atoms with Crippen LogP contribution in [0, 0.1) is 0 Å². The lowest BCUT2D eigenvalue weighted by molar-refractivity contribution is 0.390. The first-order chi connectivity index (χ1) is 9.76. The Kier molecular flexibility index (Phi) is 3.67. The highest BCUT2D eigenvalue weighted by molar-refractivity contribution is 9.10. The number of benzene rings is 1. The minimum Gasteiger partial charge on any atom is -0.495 e. The van der Waals surface area contributed by atoms with Gasteiger partial charge in [-0.15, -0.1) is 0 Å². The Morgan fingerprint density at radius 1 is 1.30 bits per heavy atom. The number of rotatable bonds is 3. The van der Waals surface area contributed by atoms with Crippen molar-refractivity contribution in [3.05, 3.63) is 28.6 Å². The predicted molar refractivity (Wildman–Crippen MR) is 80.2 cm³/mol. The highest BCUT2D eigenvalue weighted by Gasteiger charge is 2.20. The fraction of sp³-hybridized carbons (Fsp3) is 0.357. The van der Waals surface area contributed by atoms with Crippen molar-refractivity contribution in [1.82, 2.24) is 14.9 Å². The van der Waals surface area contributed by atoms with Gasteiger partial charge in [-0.25, -0.2) is 4.98 Å². The molecule has 0 unspecified atom stereocenters. The van der Waals surface area contributed by atoms with Crippen molar-refractivity contribution in [2.45, 2.75) is 13.1 Å². The van der Waals surface area contributed by atoms with Crippen molar-refractivity contribution in [3.8, 4) is 22.8 Å². The second-order valence-electron chi connectivity index (χ2n) is 4.55. The summed E-state index contributed by atoms with van der Waals surface area (Å²) in [5, 5.41) is 3.32. The molecule has 2 heterocycles. The summed E-state index contributed by atoms with van der Waals surface area (Å²) in [6, 6.07) is 3.94. The second-order valence-corrected chi connectivity index (χ2v) is 5.34. The van der Waals surface area contributed by atoms with Gasteiger partial charge in [0.1, 0.15) is 21.8 Å². The monoisotopic (exact) mass is 337 g/mol. The Hall–Kier alpha value is -1.53. The third-order valence-electron chi connectivity index (χ3n) is 3.50. The number of ether oxygens (including phenoxy) is 2. The van der Waals surface area contributed by atoms with Gasteiger partial charge in [-0.1, -0.05) is 0 Å². The van der Waals surface area contributed by atoms with Crippen molar-refractivity contribution in [2.75, 3.05) is 20.8 Å². The van der Waals surface area contributed by atoms with Crippen molar-refractivity contribution < 1.29 is 9.47 Å². The fourth-order valence-electron chi connectivity index (χ4n) is 2.51. The van der Waals surface area contributed by atoms with Crippen molar-refractivity contribution >= 4 is 15.9 Å². The van der Waals surface area contributed by atoms with E-state index in [1.54, 1.807) is 14.2 Å². The fourth-order valence-corrected chi connectivity index (χ4v) is 3.18. The first-order valence-corrected chi connectivity index (χ1v) is 7.21. The third kappa shape index (κ3) is 2.09. The number of fused-ring (bicyclic) bond motifs is 1. The summed E-state index contributed by atoms with van der Waals surface area (Å²) in [6.45, 7) is 2.67. The van der Waals surface area contributed by atoms with Gasteiger partial charge in [0, 0.05) is 18.7 Å². The van der Waals surface area contributed by atoms with Crippen LogP contribution >= 0.6 is 15.9 Å². The molecule has 0 fully saturated rings. The molecule has 0 saturated heterocycles. The summed E-state index contributed by atoms with van der Waals surface area (Å²) in [7, 11) is 3.31. The highest BCUT2D eigenvalue weighted by atomic mass is 79.9. The lowest BCUT2D eigenvalue weighted by atomic mass is 10.1. The molecule has 1 aliphatic heterocycles. The molecular formula is C14H16BrN3O2. The highest BCUT2D eigenvalue weighted by Crippen LogP contribution is 2.42. The number of halogens is 1. The van der Waals surface area contributed by atoms with E-state index in [0.717, 1.165) is 52.7 Å². The number of nitrogens with zero attached hydrogens (tertiary/aromatic N) is 2. The van der Waals surface area contributed by atoms with Crippen LogP contribution in [-0.4, -0.2) is 30.3 Å². The lowest BCUT2D eigenvalue weighted by Gasteiger charge is -2.19. The molecule has 1 aliphatic rings. The SMILES string of the molecule is COc1ccc(-c2cnc3n2CCNC3)c(OC)c1Br. The van der Waals surface area contributed by atoms with Crippen LogP contribution in [-0.2, 0) is 13.1 Å². The number of aromatic nitrogens is 2. The minimum atomic E-state index is 0.755. The van der Waals surface area contributed by atoms with Gasteiger partial charge in [0.25, 0.3) is 0 Å². The van der Waals surface area contributed by atoms with Crippen molar-refractivity contribution in [2.24, 2.45) is 0 Å². The first-order valence-electron chi connectivity index (χ1n) is 6.42. The van der Waals surface area contributed by atoms with Crippen LogP contribution in [0.15, 0.2) is 22.8 Å². The molecule has 0 radical (unpaired) electrons. The van der Waals surface area contributed by atoms with Crippen molar-refractivity contribution in [3.63, 3.8) is 0 Å². The zero-order valence-corrected chi connectivity index (χ0v) is 13.0. The van der Waals surface area contributed by atoms with E-state index in [-0.39, 0.29) is 0 Å². The molecule has 20 heavy (non-hydrogen) atoms. The largest absolute Gasteiger partial charge is 0.495 e. The molecule has 0 saturated carbocycles. The molecule has 1 aromatic heterocycles. The number of hydrogen-bond acceptors (Lipinski definition) is 4. The van der Waals surface area contributed by atoms with Gasteiger partial charge < -0.3 is 19.4 Å². The number of methoxy groups -OCH3 is 2. The summed E-state index contributed by atoms with van der Waals surface area (Å²) >= 11 is 3.54. The average Bonchev–Trinajstić information content (AvgIpc) is 2.90. The molecule has 2 aromatic rings. The van der Waals surface area contributed by atoms with Gasteiger partial charge >= 0.3 is 0 Å². The third-order valence-corrected chi connectivity index (χ3v) is 4.25. The molecule has 6 heteroatoms. The molecule has 106 valence electrons. The molecule has 0 atom stereocenters.